The van der Waals surface area contributed by atoms with Crippen LogP contribution in [0.4, 0.5) is 11.4 Å². The monoisotopic (exact) mass is 372 g/mol. The summed E-state index contributed by atoms with van der Waals surface area (Å²) in [4.78, 5) is 28.5. The van der Waals surface area contributed by atoms with E-state index in [1.54, 1.807) is 19.1 Å². The van der Waals surface area contributed by atoms with Gasteiger partial charge in [0.25, 0.3) is 5.91 Å². The van der Waals surface area contributed by atoms with Crippen molar-refractivity contribution in [2.75, 3.05) is 16.8 Å². The highest BCUT2D eigenvalue weighted by Gasteiger charge is 2.54. The Labute approximate surface area is 163 Å². The Morgan fingerprint density at radius 1 is 0.929 bits per heavy atom. The molecule has 4 rings (SSSR count). The van der Waals surface area contributed by atoms with Gasteiger partial charge >= 0.3 is 5.97 Å². The number of amides is 1. The lowest BCUT2D eigenvalue weighted by molar-refractivity contribution is -0.148. The molecule has 0 radical (unpaired) electrons. The summed E-state index contributed by atoms with van der Waals surface area (Å²) in [5, 5.41) is 3.32. The molecule has 1 N–H and O–H groups in total. The summed E-state index contributed by atoms with van der Waals surface area (Å²) >= 11 is 0. The molecule has 1 aliphatic rings. The number of rotatable bonds is 4. The molecule has 5 nitrogen and oxygen atoms in total. The summed E-state index contributed by atoms with van der Waals surface area (Å²) in [5.41, 5.74) is 0.815. The number of fused-ring (bicyclic) bond motifs is 1. The Morgan fingerprint density at radius 2 is 1.54 bits per heavy atom. The molecule has 1 unspecified atom stereocenters. The number of esters is 1. The predicted molar refractivity (Wildman–Crippen MR) is 108 cm³/mol. The molecule has 0 saturated heterocycles. The lowest BCUT2D eigenvalue weighted by atomic mass is 9.91. The molecule has 0 fully saturated rings. The third-order valence-corrected chi connectivity index (χ3v) is 4.79. The third kappa shape index (κ3) is 2.72. The minimum absolute atomic E-state index is 0.202. The topological polar surface area (TPSA) is 58.6 Å². The first-order valence-electron chi connectivity index (χ1n) is 9.18. The Hall–Kier alpha value is -3.60. The zero-order valence-corrected chi connectivity index (χ0v) is 15.5. The lowest BCUT2D eigenvalue weighted by Crippen LogP contribution is -2.63. The van der Waals surface area contributed by atoms with Gasteiger partial charge in [-0.3, -0.25) is 9.69 Å². The van der Waals surface area contributed by atoms with Crippen LogP contribution in [-0.4, -0.2) is 18.5 Å². The summed E-state index contributed by atoms with van der Waals surface area (Å²) in [5.74, 6) is -0.801. The van der Waals surface area contributed by atoms with E-state index in [2.05, 4.69) is 5.32 Å². The van der Waals surface area contributed by atoms with Gasteiger partial charge in [-0.05, 0) is 31.2 Å². The lowest BCUT2D eigenvalue weighted by Gasteiger charge is -2.46. The Balaban J connectivity index is 2.02. The number of carbonyl (C=O) groups is 2. The average molecular weight is 372 g/mol. The van der Waals surface area contributed by atoms with Crippen molar-refractivity contribution in [3.8, 4) is 0 Å². The molecule has 1 aliphatic heterocycles. The number of hydrogen-bond donors (Lipinski definition) is 1. The SMILES string of the molecule is CCOC(=O)C1(c2ccccc2)Nc2ccccc2C(=O)N1c1ccccc1. The molecular weight excluding hydrogens is 352 g/mol. The highest BCUT2D eigenvalue weighted by molar-refractivity contribution is 6.17. The maximum atomic E-state index is 13.6. The van der Waals surface area contributed by atoms with Crippen LogP contribution in [0.25, 0.3) is 0 Å². The number of nitrogens with zero attached hydrogens (tertiary/aromatic N) is 1. The average Bonchev–Trinajstić information content (AvgIpc) is 2.75. The second kappa shape index (κ2) is 7.19. The number of anilines is 2. The molecule has 1 atom stereocenters. The van der Waals surface area contributed by atoms with Crippen molar-refractivity contribution >= 4 is 23.3 Å². The summed E-state index contributed by atoms with van der Waals surface area (Å²) in [6.07, 6.45) is 0. The maximum Gasteiger partial charge on any atom is 0.358 e. The molecule has 3 aromatic carbocycles. The van der Waals surface area contributed by atoms with E-state index >= 15 is 0 Å². The van der Waals surface area contributed by atoms with Crippen molar-refractivity contribution in [2.24, 2.45) is 0 Å². The standard InChI is InChI=1S/C23H20N2O3/c1-2-28-22(27)23(17-11-5-3-6-12-17)24-20-16-10-9-15-19(20)21(26)25(23)18-13-7-4-8-14-18/h3-16,24H,2H2,1H3. The van der Waals surface area contributed by atoms with E-state index in [0.717, 1.165) is 0 Å². The predicted octanol–water partition coefficient (Wildman–Crippen LogP) is 4.18. The number of para-hydroxylation sites is 2. The molecule has 3 aromatic rings. The summed E-state index contributed by atoms with van der Waals surface area (Å²) in [6.45, 7) is 1.95. The van der Waals surface area contributed by atoms with E-state index in [4.69, 9.17) is 4.74 Å². The van der Waals surface area contributed by atoms with E-state index < -0.39 is 11.6 Å². The summed E-state index contributed by atoms with van der Waals surface area (Å²) < 4.78 is 5.46. The first-order chi connectivity index (χ1) is 13.7. The molecule has 1 amide bonds. The Bertz CT molecular complexity index is 1000. The minimum Gasteiger partial charge on any atom is -0.463 e. The first kappa shape index (κ1) is 17.8. The minimum atomic E-state index is -1.51. The second-order valence-electron chi connectivity index (χ2n) is 6.44. The van der Waals surface area contributed by atoms with Gasteiger partial charge in [-0.2, -0.15) is 0 Å². The van der Waals surface area contributed by atoms with Crippen LogP contribution in [0.15, 0.2) is 84.9 Å². The first-order valence-corrected chi connectivity index (χ1v) is 9.18. The number of ether oxygens (including phenoxy) is 1. The van der Waals surface area contributed by atoms with Crippen LogP contribution in [-0.2, 0) is 15.2 Å². The van der Waals surface area contributed by atoms with Crippen LogP contribution in [0.5, 0.6) is 0 Å². The molecular formula is C23H20N2O3. The molecule has 0 aromatic heterocycles. The molecule has 1 heterocycles. The fraction of sp³-hybridized carbons (Fsp3) is 0.130. The van der Waals surface area contributed by atoms with Crippen molar-refractivity contribution in [3.63, 3.8) is 0 Å². The van der Waals surface area contributed by atoms with Crippen molar-refractivity contribution < 1.29 is 14.3 Å². The molecule has 140 valence electrons. The Kier molecular flexibility index (Phi) is 4.57. The van der Waals surface area contributed by atoms with Crippen molar-refractivity contribution in [1.29, 1.82) is 0 Å². The van der Waals surface area contributed by atoms with E-state index in [1.807, 2.05) is 72.8 Å². The van der Waals surface area contributed by atoms with Crippen LogP contribution in [0.2, 0.25) is 0 Å². The summed E-state index contributed by atoms with van der Waals surface area (Å²) in [6, 6.07) is 25.5. The van der Waals surface area contributed by atoms with Crippen LogP contribution in [0.3, 0.4) is 0 Å². The second-order valence-corrected chi connectivity index (χ2v) is 6.44. The van der Waals surface area contributed by atoms with Crippen LogP contribution >= 0.6 is 0 Å². The number of nitrogens with one attached hydrogen (secondary N) is 1. The highest BCUT2D eigenvalue weighted by atomic mass is 16.5. The van der Waals surface area contributed by atoms with Gasteiger partial charge in [0.05, 0.1) is 12.2 Å². The van der Waals surface area contributed by atoms with Gasteiger partial charge in [0.2, 0.25) is 5.66 Å². The van der Waals surface area contributed by atoms with Crippen LogP contribution < -0.4 is 10.2 Å². The normalized spacial score (nSPS) is 18.2. The molecule has 0 spiro atoms. The van der Waals surface area contributed by atoms with Gasteiger partial charge in [-0.25, -0.2) is 4.79 Å². The molecule has 0 bridgehead atoms. The van der Waals surface area contributed by atoms with E-state index in [1.165, 1.54) is 4.90 Å². The number of benzene rings is 3. The maximum absolute atomic E-state index is 13.6. The molecule has 28 heavy (non-hydrogen) atoms. The van der Waals surface area contributed by atoms with Crippen molar-refractivity contribution in [2.45, 2.75) is 12.6 Å². The van der Waals surface area contributed by atoms with Gasteiger partial charge in [0.1, 0.15) is 0 Å². The van der Waals surface area contributed by atoms with Gasteiger partial charge in [-0.15, -0.1) is 0 Å². The van der Waals surface area contributed by atoms with Gasteiger partial charge < -0.3 is 10.1 Å². The number of hydrogen-bond acceptors (Lipinski definition) is 4. The zero-order chi connectivity index (χ0) is 19.6. The third-order valence-electron chi connectivity index (χ3n) is 4.79. The largest absolute Gasteiger partial charge is 0.463 e. The van der Waals surface area contributed by atoms with E-state index in [9.17, 15) is 9.59 Å². The molecule has 0 aliphatic carbocycles. The van der Waals surface area contributed by atoms with E-state index in [-0.39, 0.29) is 12.5 Å². The highest BCUT2D eigenvalue weighted by Crippen LogP contribution is 2.41. The fourth-order valence-electron chi connectivity index (χ4n) is 3.57. The van der Waals surface area contributed by atoms with Crippen molar-refractivity contribution in [1.82, 2.24) is 0 Å². The van der Waals surface area contributed by atoms with Gasteiger partial charge in [-0.1, -0.05) is 60.7 Å². The summed E-state index contributed by atoms with van der Waals surface area (Å²) in [7, 11) is 0. The van der Waals surface area contributed by atoms with E-state index in [0.29, 0.717) is 22.5 Å². The Morgan fingerprint density at radius 3 is 2.21 bits per heavy atom. The zero-order valence-electron chi connectivity index (χ0n) is 15.5. The van der Waals surface area contributed by atoms with Crippen molar-refractivity contribution in [3.05, 3.63) is 96.1 Å². The number of carbonyl (C=O) groups excluding carboxylic acids is 2. The van der Waals surface area contributed by atoms with Gasteiger partial charge in [0, 0.05) is 16.9 Å². The fourth-order valence-corrected chi connectivity index (χ4v) is 3.57. The molecule has 0 saturated carbocycles. The van der Waals surface area contributed by atoms with Crippen LogP contribution in [0.1, 0.15) is 22.8 Å². The van der Waals surface area contributed by atoms with Crippen LogP contribution in [0, 0.1) is 0 Å². The molecule has 5 heteroatoms. The van der Waals surface area contributed by atoms with Gasteiger partial charge in [0.15, 0.2) is 0 Å². The smallest absolute Gasteiger partial charge is 0.358 e. The quantitative estimate of drug-likeness (QED) is 0.698.